The molecule has 1 amide bonds. The molecule has 1 N–H and O–H groups in total. The number of sulfone groups is 1. The molecule has 106 valence electrons. The zero-order valence-electron chi connectivity index (χ0n) is 11.2. The summed E-state index contributed by atoms with van der Waals surface area (Å²) in [5.74, 6) is -0.461. The fourth-order valence-electron chi connectivity index (χ4n) is 1.60. The molecule has 0 spiro atoms. The summed E-state index contributed by atoms with van der Waals surface area (Å²) >= 11 is 3.35. The van der Waals surface area contributed by atoms with Gasteiger partial charge < -0.3 is 5.32 Å². The van der Waals surface area contributed by atoms with Crippen LogP contribution in [0, 0.1) is 0 Å². The lowest BCUT2D eigenvalue weighted by atomic mass is 10.0. The van der Waals surface area contributed by atoms with Gasteiger partial charge in [0.05, 0.1) is 6.04 Å². The predicted octanol–water partition coefficient (Wildman–Crippen LogP) is 2.45. The van der Waals surface area contributed by atoms with Gasteiger partial charge in [0, 0.05) is 10.7 Å². The number of carbonyl (C=O) groups excluding carboxylic acids is 1. The van der Waals surface area contributed by atoms with Gasteiger partial charge in [-0.05, 0) is 31.0 Å². The van der Waals surface area contributed by atoms with Gasteiger partial charge in [0.2, 0.25) is 5.91 Å². The highest BCUT2D eigenvalue weighted by Crippen LogP contribution is 2.19. The molecule has 0 radical (unpaired) electrons. The molecule has 0 unspecified atom stereocenters. The fraction of sp³-hybridized carbons (Fsp3) is 0.462. The molecule has 1 aromatic rings. The third-order valence-corrected chi connectivity index (χ3v) is 5.04. The maximum atomic E-state index is 11.9. The van der Waals surface area contributed by atoms with Gasteiger partial charge in [0.15, 0.2) is 9.84 Å². The zero-order valence-corrected chi connectivity index (χ0v) is 13.6. The van der Waals surface area contributed by atoms with E-state index in [-0.39, 0.29) is 6.04 Å². The lowest BCUT2D eigenvalue weighted by Crippen LogP contribution is -2.39. The first kappa shape index (κ1) is 16.2. The van der Waals surface area contributed by atoms with E-state index in [2.05, 4.69) is 21.2 Å². The maximum Gasteiger partial charge on any atom is 0.238 e. The Labute approximate surface area is 122 Å². The summed E-state index contributed by atoms with van der Waals surface area (Å²) < 4.78 is 23.7. The van der Waals surface area contributed by atoms with Crippen LogP contribution in [-0.2, 0) is 14.6 Å². The quantitative estimate of drug-likeness (QED) is 0.889. The fourth-order valence-corrected chi connectivity index (χ4v) is 2.32. The van der Waals surface area contributed by atoms with Crippen LogP contribution in [0.2, 0.25) is 0 Å². The predicted molar refractivity (Wildman–Crippen MR) is 79.6 cm³/mol. The van der Waals surface area contributed by atoms with E-state index >= 15 is 0 Å². The monoisotopic (exact) mass is 347 g/mol. The summed E-state index contributed by atoms with van der Waals surface area (Å²) in [5, 5.41) is 1.74. The number of nitrogens with one attached hydrogen (secondary N) is 1. The van der Waals surface area contributed by atoms with Gasteiger partial charge in [-0.1, -0.05) is 35.0 Å². The van der Waals surface area contributed by atoms with Gasteiger partial charge in [-0.15, -0.1) is 0 Å². The van der Waals surface area contributed by atoms with Crippen LogP contribution >= 0.6 is 15.9 Å². The Morgan fingerprint density at radius 2 is 1.84 bits per heavy atom. The Morgan fingerprint density at radius 1 is 1.32 bits per heavy atom. The summed E-state index contributed by atoms with van der Waals surface area (Å²) in [6.45, 7) is 3.34. The molecule has 0 aliphatic carbocycles. The van der Waals surface area contributed by atoms with Crippen molar-refractivity contribution in [3.05, 3.63) is 34.3 Å². The molecule has 2 atom stereocenters. The molecule has 0 aliphatic rings. The summed E-state index contributed by atoms with van der Waals surface area (Å²) in [4.78, 5) is 11.9. The minimum absolute atomic E-state index is 0.176. The number of benzene rings is 1. The molecule has 0 aliphatic heterocycles. The first-order valence-corrected chi connectivity index (χ1v) is 8.75. The van der Waals surface area contributed by atoms with E-state index in [1.54, 1.807) is 0 Å². The third-order valence-electron chi connectivity index (χ3n) is 3.01. The first-order chi connectivity index (χ1) is 8.75. The van der Waals surface area contributed by atoms with Crippen molar-refractivity contribution in [2.24, 2.45) is 0 Å². The molecular weight excluding hydrogens is 330 g/mol. The Bertz CT molecular complexity index is 540. The van der Waals surface area contributed by atoms with Crippen LogP contribution in [0.25, 0.3) is 0 Å². The van der Waals surface area contributed by atoms with Crippen LogP contribution in [0.3, 0.4) is 0 Å². The van der Waals surface area contributed by atoms with E-state index in [0.717, 1.165) is 16.3 Å². The molecule has 0 saturated heterocycles. The van der Waals surface area contributed by atoms with E-state index < -0.39 is 21.0 Å². The van der Waals surface area contributed by atoms with Crippen LogP contribution < -0.4 is 5.32 Å². The van der Waals surface area contributed by atoms with Gasteiger partial charge in [-0.3, -0.25) is 4.79 Å². The molecular formula is C13H18BrNO3S. The van der Waals surface area contributed by atoms with Crippen molar-refractivity contribution in [1.82, 2.24) is 5.32 Å². The molecule has 19 heavy (non-hydrogen) atoms. The Morgan fingerprint density at radius 3 is 2.26 bits per heavy atom. The highest BCUT2D eigenvalue weighted by atomic mass is 79.9. The largest absolute Gasteiger partial charge is 0.348 e. The lowest BCUT2D eigenvalue weighted by molar-refractivity contribution is -0.121. The van der Waals surface area contributed by atoms with Crippen molar-refractivity contribution in [3.8, 4) is 0 Å². The summed E-state index contributed by atoms with van der Waals surface area (Å²) in [5.41, 5.74) is 0.958. The van der Waals surface area contributed by atoms with E-state index in [4.69, 9.17) is 0 Å². The Hall–Kier alpha value is -0.880. The summed E-state index contributed by atoms with van der Waals surface area (Å²) in [6, 6.07) is 7.42. The van der Waals surface area contributed by atoms with Gasteiger partial charge in [-0.2, -0.15) is 0 Å². The highest BCUT2D eigenvalue weighted by Gasteiger charge is 2.25. The molecule has 1 rings (SSSR count). The molecule has 6 heteroatoms. The number of amides is 1. The molecule has 0 aromatic heterocycles. The van der Waals surface area contributed by atoms with Gasteiger partial charge in [0.1, 0.15) is 5.25 Å². The zero-order chi connectivity index (χ0) is 14.6. The second-order valence-corrected chi connectivity index (χ2v) is 7.77. The Kier molecular flexibility index (Phi) is 5.55. The molecule has 1 aromatic carbocycles. The molecule has 0 heterocycles. The van der Waals surface area contributed by atoms with Crippen LogP contribution in [0.15, 0.2) is 28.7 Å². The summed E-state index contributed by atoms with van der Waals surface area (Å²) in [6.07, 6.45) is 1.77. The second-order valence-electron chi connectivity index (χ2n) is 4.49. The van der Waals surface area contributed by atoms with Crippen LogP contribution in [0.1, 0.15) is 31.9 Å². The molecule has 0 fully saturated rings. The number of halogens is 1. The van der Waals surface area contributed by atoms with Crippen molar-refractivity contribution >= 4 is 31.7 Å². The second kappa shape index (κ2) is 6.52. The number of hydrogen-bond donors (Lipinski definition) is 1. The summed E-state index contributed by atoms with van der Waals surface area (Å²) in [7, 11) is -3.36. The Balaban J connectivity index is 2.83. The van der Waals surface area contributed by atoms with Crippen molar-refractivity contribution in [2.45, 2.75) is 31.6 Å². The van der Waals surface area contributed by atoms with Gasteiger partial charge >= 0.3 is 0 Å². The smallest absolute Gasteiger partial charge is 0.238 e. The van der Waals surface area contributed by atoms with Crippen molar-refractivity contribution in [1.29, 1.82) is 0 Å². The van der Waals surface area contributed by atoms with Crippen LogP contribution in [0.4, 0.5) is 0 Å². The minimum atomic E-state index is -3.36. The van der Waals surface area contributed by atoms with Crippen LogP contribution in [-0.4, -0.2) is 25.8 Å². The lowest BCUT2D eigenvalue weighted by Gasteiger charge is -2.19. The van der Waals surface area contributed by atoms with E-state index in [0.29, 0.717) is 6.42 Å². The number of hydrogen-bond acceptors (Lipinski definition) is 3. The minimum Gasteiger partial charge on any atom is -0.348 e. The van der Waals surface area contributed by atoms with Crippen LogP contribution in [0.5, 0.6) is 0 Å². The van der Waals surface area contributed by atoms with E-state index in [1.165, 1.54) is 6.92 Å². The number of carbonyl (C=O) groups is 1. The third kappa shape index (κ3) is 4.62. The maximum absolute atomic E-state index is 11.9. The van der Waals surface area contributed by atoms with Crippen molar-refractivity contribution in [2.75, 3.05) is 6.26 Å². The molecule has 0 bridgehead atoms. The van der Waals surface area contributed by atoms with E-state index in [1.807, 2.05) is 31.2 Å². The SMILES string of the molecule is CC[C@@H](NC(=O)[C@@H](C)S(C)(=O)=O)c1ccc(Br)cc1. The average Bonchev–Trinajstić information content (AvgIpc) is 2.34. The molecule has 0 saturated carbocycles. The first-order valence-electron chi connectivity index (χ1n) is 6.00. The normalized spacial score (nSPS) is 14.7. The highest BCUT2D eigenvalue weighted by molar-refractivity contribution is 9.10. The topological polar surface area (TPSA) is 63.2 Å². The standard InChI is InChI=1S/C13H18BrNO3S/c1-4-12(10-5-7-11(14)8-6-10)15-13(16)9(2)19(3,17)18/h5-9,12H,4H2,1-3H3,(H,15,16)/t9-,12-/m1/s1. The number of rotatable bonds is 5. The molecule has 4 nitrogen and oxygen atoms in total. The van der Waals surface area contributed by atoms with E-state index in [9.17, 15) is 13.2 Å². The average molecular weight is 348 g/mol. The van der Waals surface area contributed by atoms with Gasteiger partial charge in [0.25, 0.3) is 0 Å². The van der Waals surface area contributed by atoms with Gasteiger partial charge in [-0.25, -0.2) is 8.42 Å². The van der Waals surface area contributed by atoms with Crippen molar-refractivity contribution in [3.63, 3.8) is 0 Å². The van der Waals surface area contributed by atoms with Crippen molar-refractivity contribution < 1.29 is 13.2 Å².